The topological polar surface area (TPSA) is 58.2 Å². The highest BCUT2D eigenvalue weighted by atomic mass is 16.1. The lowest BCUT2D eigenvalue weighted by atomic mass is 9.87. The van der Waals surface area contributed by atoms with E-state index in [2.05, 4.69) is 17.6 Å². The maximum absolute atomic E-state index is 12.7. The summed E-state index contributed by atoms with van der Waals surface area (Å²) < 4.78 is 0. The van der Waals surface area contributed by atoms with Crippen molar-refractivity contribution in [2.75, 3.05) is 5.32 Å². The molecule has 26 heavy (non-hydrogen) atoms. The van der Waals surface area contributed by atoms with Gasteiger partial charge in [-0.05, 0) is 49.9 Å². The summed E-state index contributed by atoms with van der Waals surface area (Å²) >= 11 is 0. The molecule has 2 rings (SSSR count). The average Bonchev–Trinajstić information content (AvgIpc) is 2.59. The molecule has 4 heteroatoms. The molecule has 1 amide bonds. The number of anilines is 1. The molecule has 0 saturated carbocycles. The largest absolute Gasteiger partial charge is 0.375 e. The molecule has 0 aliphatic carbocycles. The first-order valence-electron chi connectivity index (χ1n) is 8.69. The van der Waals surface area contributed by atoms with Gasteiger partial charge in [0.05, 0.1) is 11.6 Å². The maximum Gasteiger partial charge on any atom is 0.252 e. The molecule has 0 fully saturated rings. The van der Waals surface area contributed by atoms with Crippen LogP contribution in [0, 0.1) is 12.3 Å². The van der Waals surface area contributed by atoms with Gasteiger partial charge in [0.2, 0.25) is 0 Å². The second kappa shape index (κ2) is 7.73. The summed E-state index contributed by atoms with van der Waals surface area (Å²) in [5.41, 5.74) is 1.31. The zero-order valence-corrected chi connectivity index (χ0v) is 15.9. The van der Waals surface area contributed by atoms with E-state index in [0.29, 0.717) is 11.3 Å². The molecule has 0 unspecified atom stereocenters. The predicted molar refractivity (Wildman–Crippen MR) is 106 cm³/mol. The molecule has 0 heterocycles. The Hall–Kier alpha value is -2.62. The van der Waals surface area contributed by atoms with Gasteiger partial charge in [-0.2, -0.15) is 0 Å². The van der Waals surface area contributed by atoms with E-state index in [1.54, 1.807) is 18.2 Å². The normalized spacial score (nSPS) is 13.0. The smallest absolute Gasteiger partial charge is 0.252 e. The Kier molecular flexibility index (Phi) is 5.86. The third-order valence-electron chi connectivity index (χ3n) is 4.35. The van der Waals surface area contributed by atoms with Crippen molar-refractivity contribution in [1.82, 2.24) is 5.32 Å². The number of carbonyl (C=O) groups is 2. The molecule has 0 spiro atoms. The highest BCUT2D eigenvalue weighted by Crippen LogP contribution is 2.23. The van der Waals surface area contributed by atoms with Gasteiger partial charge in [0.15, 0.2) is 0 Å². The molecular formula is C22H27N2O2. The van der Waals surface area contributed by atoms with Crippen molar-refractivity contribution in [3.63, 3.8) is 0 Å². The van der Waals surface area contributed by atoms with Gasteiger partial charge in [0.25, 0.3) is 5.91 Å². The van der Waals surface area contributed by atoms with E-state index in [4.69, 9.17) is 0 Å². The number of nitrogens with one attached hydrogen (secondary N) is 2. The van der Waals surface area contributed by atoms with E-state index in [1.807, 2.05) is 64.1 Å². The van der Waals surface area contributed by atoms with E-state index < -0.39 is 17.0 Å². The summed E-state index contributed by atoms with van der Waals surface area (Å²) in [4.78, 5) is 24.1. The Morgan fingerprint density at radius 1 is 1.04 bits per heavy atom. The molecule has 4 nitrogen and oxygen atoms in total. The van der Waals surface area contributed by atoms with Crippen molar-refractivity contribution < 1.29 is 9.59 Å². The van der Waals surface area contributed by atoms with Gasteiger partial charge in [0.1, 0.15) is 6.29 Å². The standard InChI is InChI=1S/C22H27N2O2/c1-21(2,3)19(15-25)23-18-13-9-10-16(14-18)20(26)24-22(4,5)17-11-7-6-8-12-17/h6-15,19,23H,1H2,2-5H3,(H,24,26)/t19-/m0/s1. The fraction of sp³-hybridized carbons (Fsp3) is 0.318. The number of amides is 1. The number of benzene rings is 2. The molecular weight excluding hydrogens is 324 g/mol. The Bertz CT molecular complexity index is 761. The van der Waals surface area contributed by atoms with Crippen LogP contribution >= 0.6 is 0 Å². The van der Waals surface area contributed by atoms with Gasteiger partial charge in [-0.25, -0.2) is 0 Å². The van der Waals surface area contributed by atoms with Crippen LogP contribution in [-0.4, -0.2) is 18.2 Å². The highest BCUT2D eigenvalue weighted by Gasteiger charge is 2.25. The number of hydrogen-bond donors (Lipinski definition) is 2. The lowest BCUT2D eigenvalue weighted by Crippen LogP contribution is -2.41. The number of aldehydes is 1. The van der Waals surface area contributed by atoms with Crippen molar-refractivity contribution in [3.8, 4) is 0 Å². The lowest BCUT2D eigenvalue weighted by molar-refractivity contribution is -0.109. The van der Waals surface area contributed by atoms with Crippen LogP contribution in [-0.2, 0) is 10.3 Å². The minimum absolute atomic E-state index is 0.168. The highest BCUT2D eigenvalue weighted by molar-refractivity contribution is 5.95. The molecule has 0 bridgehead atoms. The monoisotopic (exact) mass is 351 g/mol. The van der Waals surface area contributed by atoms with Crippen LogP contribution in [0.25, 0.3) is 0 Å². The van der Waals surface area contributed by atoms with Crippen molar-refractivity contribution in [3.05, 3.63) is 72.6 Å². The van der Waals surface area contributed by atoms with Crippen LogP contribution in [0.15, 0.2) is 54.6 Å². The summed E-state index contributed by atoms with van der Waals surface area (Å²) in [6.07, 6.45) is 0.845. The summed E-state index contributed by atoms with van der Waals surface area (Å²) in [5.74, 6) is -0.168. The van der Waals surface area contributed by atoms with Gasteiger partial charge >= 0.3 is 0 Å². The molecule has 2 aromatic carbocycles. The Morgan fingerprint density at radius 2 is 1.69 bits per heavy atom. The molecule has 1 atom stereocenters. The van der Waals surface area contributed by atoms with Gasteiger partial charge in [-0.15, -0.1) is 0 Å². The quantitative estimate of drug-likeness (QED) is 0.735. The summed E-state index contributed by atoms with van der Waals surface area (Å²) in [7, 11) is 0. The van der Waals surface area contributed by atoms with Gasteiger partial charge < -0.3 is 15.4 Å². The number of carbonyl (C=O) groups excluding carboxylic acids is 2. The second-order valence-electron chi connectivity index (χ2n) is 7.77. The van der Waals surface area contributed by atoms with Crippen LogP contribution < -0.4 is 10.6 Å². The molecule has 137 valence electrons. The van der Waals surface area contributed by atoms with Crippen molar-refractivity contribution in [2.45, 2.75) is 39.3 Å². The van der Waals surface area contributed by atoms with E-state index in [9.17, 15) is 9.59 Å². The van der Waals surface area contributed by atoms with E-state index in [0.717, 1.165) is 11.8 Å². The first kappa shape index (κ1) is 19.7. The number of rotatable bonds is 7. The fourth-order valence-electron chi connectivity index (χ4n) is 2.63. The summed E-state index contributed by atoms with van der Waals surface area (Å²) in [5, 5.41) is 6.21. The minimum atomic E-state index is -0.498. The van der Waals surface area contributed by atoms with Crippen LogP contribution in [0.5, 0.6) is 0 Å². The molecule has 2 aromatic rings. The Labute approximate surface area is 156 Å². The first-order chi connectivity index (χ1) is 12.1. The lowest BCUT2D eigenvalue weighted by Gasteiger charge is -2.28. The van der Waals surface area contributed by atoms with Crippen molar-refractivity contribution >= 4 is 17.9 Å². The third kappa shape index (κ3) is 4.94. The van der Waals surface area contributed by atoms with E-state index in [1.165, 1.54) is 0 Å². The third-order valence-corrected chi connectivity index (χ3v) is 4.35. The molecule has 0 aliphatic rings. The second-order valence-corrected chi connectivity index (χ2v) is 7.77. The molecule has 0 aromatic heterocycles. The summed E-state index contributed by atoms with van der Waals surface area (Å²) in [6.45, 7) is 11.7. The molecule has 0 saturated heterocycles. The molecule has 1 radical (unpaired) electrons. The minimum Gasteiger partial charge on any atom is -0.375 e. The van der Waals surface area contributed by atoms with E-state index >= 15 is 0 Å². The van der Waals surface area contributed by atoms with Crippen LogP contribution in [0.3, 0.4) is 0 Å². The zero-order chi connectivity index (χ0) is 19.4. The fourth-order valence-corrected chi connectivity index (χ4v) is 2.63. The Balaban J connectivity index is 2.16. The van der Waals surface area contributed by atoms with Crippen molar-refractivity contribution in [1.29, 1.82) is 0 Å². The van der Waals surface area contributed by atoms with Gasteiger partial charge in [0, 0.05) is 11.3 Å². The van der Waals surface area contributed by atoms with E-state index in [-0.39, 0.29) is 5.91 Å². The zero-order valence-electron chi connectivity index (χ0n) is 15.9. The SMILES string of the molecule is [CH2]C(C)(C)[C@H](C=O)Nc1cccc(C(=O)NC(C)(C)c2ccccc2)c1. The van der Waals surface area contributed by atoms with Crippen LogP contribution in [0.2, 0.25) is 0 Å². The Morgan fingerprint density at radius 3 is 2.27 bits per heavy atom. The van der Waals surface area contributed by atoms with Crippen molar-refractivity contribution in [2.24, 2.45) is 5.41 Å². The molecule has 0 aliphatic heterocycles. The first-order valence-corrected chi connectivity index (χ1v) is 8.69. The molecule has 2 N–H and O–H groups in total. The average molecular weight is 351 g/mol. The van der Waals surface area contributed by atoms with Crippen LogP contribution in [0.1, 0.15) is 43.6 Å². The maximum atomic E-state index is 12.7. The van der Waals surface area contributed by atoms with Crippen LogP contribution in [0.4, 0.5) is 5.69 Å². The number of hydrogen-bond acceptors (Lipinski definition) is 3. The summed E-state index contributed by atoms with van der Waals surface area (Å²) in [6, 6.07) is 16.5. The van der Waals surface area contributed by atoms with Gasteiger partial charge in [-0.3, -0.25) is 4.79 Å². The predicted octanol–water partition coefficient (Wildman–Crippen LogP) is 4.19. The van der Waals surface area contributed by atoms with Gasteiger partial charge in [-0.1, -0.05) is 50.2 Å².